The van der Waals surface area contributed by atoms with Crippen LogP contribution in [0.5, 0.6) is 0 Å². The van der Waals surface area contributed by atoms with Gasteiger partial charge in [0.15, 0.2) is 9.84 Å². The van der Waals surface area contributed by atoms with Gasteiger partial charge in [-0.3, -0.25) is 4.98 Å². The van der Waals surface area contributed by atoms with E-state index in [9.17, 15) is 13.5 Å². The summed E-state index contributed by atoms with van der Waals surface area (Å²) in [5.74, 6) is 0. The van der Waals surface area contributed by atoms with Crippen LogP contribution in [0.25, 0.3) is 22.3 Å². The van der Waals surface area contributed by atoms with Gasteiger partial charge in [0.05, 0.1) is 27.7 Å². The lowest BCUT2D eigenvalue weighted by Crippen LogP contribution is -2.04. The van der Waals surface area contributed by atoms with E-state index in [-0.39, 0.29) is 4.90 Å². The molecule has 1 aromatic carbocycles. The standard InChI is InChI=1S/C17H16N2O3S/c1-11(20)13-10-15-14(7-5-9-18-15)19-17(13)12-6-3-4-8-16(12)23(2,21)22/h3-11,20H,1-2H3. The van der Waals surface area contributed by atoms with Crippen LogP contribution >= 0.6 is 0 Å². The molecule has 1 N–H and O–H groups in total. The Labute approximate surface area is 134 Å². The van der Waals surface area contributed by atoms with E-state index in [1.165, 1.54) is 0 Å². The van der Waals surface area contributed by atoms with Gasteiger partial charge in [-0.15, -0.1) is 0 Å². The minimum Gasteiger partial charge on any atom is -0.389 e. The highest BCUT2D eigenvalue weighted by atomic mass is 32.2. The average molecular weight is 328 g/mol. The van der Waals surface area contributed by atoms with E-state index in [2.05, 4.69) is 9.97 Å². The molecule has 5 nitrogen and oxygen atoms in total. The number of benzene rings is 1. The SMILES string of the molecule is CC(O)c1cc2ncccc2nc1-c1ccccc1S(C)(=O)=O. The first-order valence-electron chi connectivity index (χ1n) is 7.11. The van der Waals surface area contributed by atoms with Crippen molar-refractivity contribution in [2.24, 2.45) is 0 Å². The van der Waals surface area contributed by atoms with Crippen LogP contribution in [0, 0.1) is 0 Å². The number of fused-ring (bicyclic) bond motifs is 1. The summed E-state index contributed by atoms with van der Waals surface area (Å²) in [5, 5.41) is 10.1. The number of aliphatic hydroxyl groups excluding tert-OH is 1. The largest absolute Gasteiger partial charge is 0.389 e. The van der Waals surface area contributed by atoms with Gasteiger partial charge in [0.25, 0.3) is 0 Å². The number of aliphatic hydroxyl groups is 1. The zero-order valence-electron chi connectivity index (χ0n) is 12.8. The zero-order chi connectivity index (χ0) is 16.6. The Bertz CT molecular complexity index is 982. The van der Waals surface area contributed by atoms with Crippen molar-refractivity contribution in [3.05, 3.63) is 54.2 Å². The minimum atomic E-state index is -3.41. The maximum Gasteiger partial charge on any atom is 0.176 e. The van der Waals surface area contributed by atoms with Gasteiger partial charge in [-0.05, 0) is 31.2 Å². The molecule has 0 spiro atoms. The van der Waals surface area contributed by atoms with Crippen LogP contribution in [0.4, 0.5) is 0 Å². The predicted octanol–water partition coefficient (Wildman–Crippen LogP) is 2.75. The summed E-state index contributed by atoms with van der Waals surface area (Å²) >= 11 is 0. The Balaban J connectivity index is 2.38. The van der Waals surface area contributed by atoms with Crippen LogP contribution in [0.3, 0.4) is 0 Å². The van der Waals surface area contributed by atoms with Crippen molar-refractivity contribution in [2.45, 2.75) is 17.9 Å². The molecule has 0 aliphatic carbocycles. The van der Waals surface area contributed by atoms with Crippen molar-refractivity contribution < 1.29 is 13.5 Å². The van der Waals surface area contributed by atoms with Gasteiger partial charge >= 0.3 is 0 Å². The number of pyridine rings is 2. The normalized spacial score (nSPS) is 13.2. The predicted molar refractivity (Wildman–Crippen MR) is 88.7 cm³/mol. The summed E-state index contributed by atoms with van der Waals surface area (Å²) in [5.41, 5.74) is 2.80. The number of hydrogen-bond donors (Lipinski definition) is 1. The minimum absolute atomic E-state index is 0.192. The number of rotatable bonds is 3. The van der Waals surface area contributed by atoms with E-state index in [0.29, 0.717) is 27.9 Å². The third kappa shape index (κ3) is 2.95. The maximum absolute atomic E-state index is 12.1. The molecule has 0 radical (unpaired) electrons. The fourth-order valence-corrected chi connectivity index (χ4v) is 3.43. The third-order valence-electron chi connectivity index (χ3n) is 3.61. The van der Waals surface area contributed by atoms with Crippen molar-refractivity contribution >= 4 is 20.9 Å². The maximum atomic E-state index is 12.1. The summed E-state index contributed by atoms with van der Waals surface area (Å²) in [7, 11) is -3.41. The monoisotopic (exact) mass is 328 g/mol. The quantitative estimate of drug-likeness (QED) is 0.799. The van der Waals surface area contributed by atoms with E-state index in [1.54, 1.807) is 55.6 Å². The first kappa shape index (κ1) is 15.6. The lowest BCUT2D eigenvalue weighted by atomic mass is 10.0. The van der Waals surface area contributed by atoms with Gasteiger partial charge < -0.3 is 5.11 Å². The molecular formula is C17H16N2O3S. The number of hydrogen-bond acceptors (Lipinski definition) is 5. The molecule has 118 valence electrons. The summed E-state index contributed by atoms with van der Waals surface area (Å²) in [4.78, 5) is 8.98. The Hall–Kier alpha value is -2.31. The number of aromatic nitrogens is 2. The molecule has 23 heavy (non-hydrogen) atoms. The molecular weight excluding hydrogens is 312 g/mol. The number of nitrogens with zero attached hydrogens (tertiary/aromatic N) is 2. The molecule has 3 rings (SSSR count). The van der Waals surface area contributed by atoms with Gasteiger partial charge in [0, 0.05) is 23.6 Å². The Morgan fingerprint density at radius 2 is 1.83 bits per heavy atom. The van der Waals surface area contributed by atoms with E-state index < -0.39 is 15.9 Å². The van der Waals surface area contributed by atoms with Crippen molar-refractivity contribution in [3.63, 3.8) is 0 Å². The Morgan fingerprint density at radius 1 is 1.09 bits per heavy atom. The molecule has 0 fully saturated rings. The van der Waals surface area contributed by atoms with Crippen LogP contribution < -0.4 is 0 Å². The van der Waals surface area contributed by atoms with Gasteiger partial charge in [0.2, 0.25) is 0 Å². The van der Waals surface area contributed by atoms with Crippen molar-refractivity contribution in [1.82, 2.24) is 9.97 Å². The lowest BCUT2D eigenvalue weighted by Gasteiger charge is -2.15. The highest BCUT2D eigenvalue weighted by Gasteiger charge is 2.20. The smallest absolute Gasteiger partial charge is 0.176 e. The second-order valence-electron chi connectivity index (χ2n) is 5.41. The molecule has 1 unspecified atom stereocenters. The van der Waals surface area contributed by atoms with Gasteiger partial charge in [-0.1, -0.05) is 18.2 Å². The van der Waals surface area contributed by atoms with Gasteiger partial charge in [-0.2, -0.15) is 0 Å². The summed E-state index contributed by atoms with van der Waals surface area (Å²) in [6.07, 6.45) is 2.02. The van der Waals surface area contributed by atoms with E-state index in [0.717, 1.165) is 6.26 Å². The summed E-state index contributed by atoms with van der Waals surface area (Å²) in [6, 6.07) is 12.0. The average Bonchev–Trinajstić information content (AvgIpc) is 2.52. The molecule has 0 bridgehead atoms. The van der Waals surface area contributed by atoms with Crippen molar-refractivity contribution in [1.29, 1.82) is 0 Å². The van der Waals surface area contributed by atoms with Crippen molar-refractivity contribution in [3.8, 4) is 11.3 Å². The van der Waals surface area contributed by atoms with E-state index >= 15 is 0 Å². The molecule has 0 saturated heterocycles. The molecule has 0 aliphatic heterocycles. The van der Waals surface area contributed by atoms with Gasteiger partial charge in [-0.25, -0.2) is 13.4 Å². The molecule has 0 saturated carbocycles. The Morgan fingerprint density at radius 3 is 2.52 bits per heavy atom. The van der Waals surface area contributed by atoms with Crippen molar-refractivity contribution in [2.75, 3.05) is 6.26 Å². The highest BCUT2D eigenvalue weighted by Crippen LogP contribution is 2.33. The second kappa shape index (κ2) is 5.72. The van der Waals surface area contributed by atoms with Crippen LogP contribution in [-0.4, -0.2) is 29.7 Å². The highest BCUT2D eigenvalue weighted by molar-refractivity contribution is 7.90. The Kier molecular flexibility index (Phi) is 3.87. The fourth-order valence-electron chi connectivity index (χ4n) is 2.54. The zero-order valence-corrected chi connectivity index (χ0v) is 13.6. The van der Waals surface area contributed by atoms with Crippen LogP contribution in [0.2, 0.25) is 0 Å². The van der Waals surface area contributed by atoms with Crippen LogP contribution in [-0.2, 0) is 9.84 Å². The first-order chi connectivity index (χ1) is 10.9. The first-order valence-corrected chi connectivity index (χ1v) is 9.00. The molecule has 0 aliphatic rings. The molecule has 2 heterocycles. The molecule has 1 atom stereocenters. The third-order valence-corrected chi connectivity index (χ3v) is 4.76. The van der Waals surface area contributed by atoms with Crippen LogP contribution in [0.15, 0.2) is 53.6 Å². The fraction of sp³-hybridized carbons (Fsp3) is 0.176. The lowest BCUT2D eigenvalue weighted by molar-refractivity contribution is 0.199. The molecule has 0 amide bonds. The second-order valence-corrected chi connectivity index (χ2v) is 7.40. The van der Waals surface area contributed by atoms with Gasteiger partial charge in [0.1, 0.15) is 0 Å². The van der Waals surface area contributed by atoms with E-state index in [4.69, 9.17) is 0 Å². The summed E-state index contributed by atoms with van der Waals surface area (Å²) < 4.78 is 24.1. The van der Waals surface area contributed by atoms with Crippen LogP contribution in [0.1, 0.15) is 18.6 Å². The summed E-state index contributed by atoms with van der Waals surface area (Å²) in [6.45, 7) is 1.62. The molecule has 3 aromatic rings. The topological polar surface area (TPSA) is 80.2 Å². The van der Waals surface area contributed by atoms with E-state index in [1.807, 2.05) is 0 Å². The number of sulfone groups is 1. The molecule has 2 aromatic heterocycles. The molecule has 6 heteroatoms.